The standard InChI is InChI=1S/3C13H22N2O6.2Al/c3*1-3-10(16)7-14(8-12(18)19)5-6-15(9-13(20)21)11(17)4-2;;/h3*3-9H2,1-2H3,(H,18,19)(H,20,21);;/q;;;2*+3/p-6. The van der Waals surface area contributed by atoms with E-state index in [0.717, 1.165) is 14.7 Å². The summed E-state index contributed by atoms with van der Waals surface area (Å²) in [5, 5.41) is 63.7. The largest absolute Gasteiger partial charge is 3.00 e. The van der Waals surface area contributed by atoms with Crippen LogP contribution in [0.25, 0.3) is 0 Å². The first-order valence-corrected chi connectivity index (χ1v) is 20.1. The molecule has 3 amide bonds. The van der Waals surface area contributed by atoms with Crippen molar-refractivity contribution < 1.29 is 88.2 Å². The summed E-state index contributed by atoms with van der Waals surface area (Å²) in [5.41, 5.74) is 0. The summed E-state index contributed by atoms with van der Waals surface area (Å²) in [6.07, 6.45) is 1.17. The molecule has 0 aromatic rings. The number of carboxylic acids is 6. The van der Waals surface area contributed by atoms with Gasteiger partial charge in [0.1, 0.15) is 17.3 Å². The van der Waals surface area contributed by atoms with Crippen molar-refractivity contribution in [2.45, 2.75) is 80.1 Å². The van der Waals surface area contributed by atoms with E-state index < -0.39 is 75.1 Å². The molecule has 360 valence electrons. The van der Waals surface area contributed by atoms with Crippen LogP contribution < -0.4 is 30.6 Å². The molecule has 0 N–H and O–H groups in total. The Labute approximate surface area is 400 Å². The zero-order valence-electron chi connectivity index (χ0n) is 38.0. The Morgan fingerprint density at radius 1 is 0.277 bits per heavy atom. The van der Waals surface area contributed by atoms with Gasteiger partial charge in [0.2, 0.25) is 17.7 Å². The Kier molecular flexibility index (Phi) is 43.3. The van der Waals surface area contributed by atoms with Gasteiger partial charge in [0.15, 0.2) is 0 Å². The first-order valence-electron chi connectivity index (χ1n) is 20.1. The SMILES string of the molecule is CCC(=O)CN(CCN(CC(=O)[O-])C(=O)CC)CC(=O)[O-].CCC(=O)CN(CCN(CC(=O)[O-])C(=O)CC)CC(=O)[O-].CCC(=O)CN(CCN(CC(=O)[O-])C(=O)CC)CC(=O)[O-].[Al+3].[Al+3]. The Bertz CT molecular complexity index is 1380. The monoisotopic (exact) mass is 954 g/mol. The van der Waals surface area contributed by atoms with Gasteiger partial charge in [-0.1, -0.05) is 41.5 Å². The number of hydrogen-bond acceptors (Lipinski definition) is 21. The van der Waals surface area contributed by atoms with Crippen molar-refractivity contribution in [3.63, 3.8) is 0 Å². The van der Waals surface area contributed by atoms with Crippen molar-refractivity contribution >= 4 is 106 Å². The van der Waals surface area contributed by atoms with Gasteiger partial charge in [0.05, 0.1) is 75.1 Å². The molecule has 0 aliphatic heterocycles. The molecule has 24 nitrogen and oxygen atoms in total. The topological polar surface area (TPSA) is 363 Å². The molecule has 0 fully saturated rings. The van der Waals surface area contributed by atoms with Crippen molar-refractivity contribution in [1.82, 2.24) is 29.4 Å². The molecular weight excluding hydrogens is 894 g/mol. The van der Waals surface area contributed by atoms with E-state index in [4.69, 9.17) is 0 Å². The molecule has 26 heteroatoms. The van der Waals surface area contributed by atoms with Crippen LogP contribution in [0.3, 0.4) is 0 Å². The van der Waals surface area contributed by atoms with Crippen LogP contribution in [0.1, 0.15) is 80.1 Å². The number of carboxylic acid groups (broad SMARTS) is 6. The average Bonchev–Trinajstić information content (AvgIpc) is 3.20. The van der Waals surface area contributed by atoms with Gasteiger partial charge in [-0.15, -0.1) is 0 Å². The minimum absolute atomic E-state index is 0. The first-order chi connectivity index (χ1) is 29.4. The van der Waals surface area contributed by atoms with Gasteiger partial charge in [-0.3, -0.25) is 43.5 Å². The fourth-order valence-electron chi connectivity index (χ4n) is 5.07. The van der Waals surface area contributed by atoms with E-state index in [0.29, 0.717) is 0 Å². The summed E-state index contributed by atoms with van der Waals surface area (Å²) < 4.78 is 0. The second-order valence-electron chi connectivity index (χ2n) is 13.5. The Balaban J connectivity index is -0.000000273. The molecule has 0 saturated heterocycles. The number of nitrogens with zero attached hydrogens (tertiary/aromatic N) is 6. The van der Waals surface area contributed by atoms with Gasteiger partial charge in [0, 0.05) is 97.4 Å². The van der Waals surface area contributed by atoms with E-state index in [-0.39, 0.29) is 167 Å². The van der Waals surface area contributed by atoms with Gasteiger partial charge in [-0.2, -0.15) is 0 Å². The zero-order chi connectivity index (χ0) is 49.2. The zero-order valence-corrected chi connectivity index (χ0v) is 40.3. The number of Topliss-reactive ketones (excluding diaryl/α,β-unsaturated/α-hetero) is 3. The second-order valence-corrected chi connectivity index (χ2v) is 13.5. The normalized spacial score (nSPS) is 10.1. The molecule has 0 spiro atoms. The molecule has 0 aliphatic rings. The molecule has 65 heavy (non-hydrogen) atoms. The quantitative estimate of drug-likeness (QED) is 0.0551. The number of aliphatic carboxylic acids is 6. The van der Waals surface area contributed by atoms with Gasteiger partial charge in [-0.25, -0.2) is 0 Å². The van der Waals surface area contributed by atoms with Gasteiger partial charge in [-0.05, 0) is 0 Å². The van der Waals surface area contributed by atoms with E-state index in [1.807, 2.05) is 0 Å². The molecule has 0 radical (unpaired) electrons. The maximum absolute atomic E-state index is 11.6. The minimum Gasteiger partial charge on any atom is -0.549 e. The summed E-state index contributed by atoms with van der Waals surface area (Å²) in [5.74, 6) is -9.79. The smallest absolute Gasteiger partial charge is 0.549 e. The van der Waals surface area contributed by atoms with Crippen molar-refractivity contribution in [3.8, 4) is 0 Å². The van der Waals surface area contributed by atoms with E-state index in [2.05, 4.69) is 0 Å². The fourth-order valence-corrected chi connectivity index (χ4v) is 5.07. The van der Waals surface area contributed by atoms with Crippen LogP contribution in [0.2, 0.25) is 0 Å². The Hall–Kier alpha value is -4.82. The third-order valence-electron chi connectivity index (χ3n) is 8.42. The molecular formula is C39H60Al2N6O18. The van der Waals surface area contributed by atoms with Crippen molar-refractivity contribution in [2.75, 3.05) is 98.2 Å². The molecule has 0 bridgehead atoms. The summed E-state index contributed by atoms with van der Waals surface area (Å²) >= 11 is 0. The minimum atomic E-state index is -1.40. The number of carbonyl (C=O) groups excluding carboxylic acids is 12. The summed E-state index contributed by atoms with van der Waals surface area (Å²) in [4.78, 5) is 140. The summed E-state index contributed by atoms with van der Waals surface area (Å²) in [6.45, 7) is 6.66. The van der Waals surface area contributed by atoms with Crippen LogP contribution in [0.15, 0.2) is 0 Å². The van der Waals surface area contributed by atoms with Gasteiger partial charge in [0.25, 0.3) is 0 Å². The second kappa shape index (κ2) is 40.7. The van der Waals surface area contributed by atoms with E-state index >= 15 is 0 Å². The van der Waals surface area contributed by atoms with Crippen LogP contribution in [0, 0.1) is 0 Å². The molecule has 0 aromatic heterocycles. The van der Waals surface area contributed by atoms with Crippen LogP contribution >= 0.6 is 0 Å². The summed E-state index contributed by atoms with van der Waals surface area (Å²) in [7, 11) is 0. The first kappa shape index (κ1) is 69.2. The van der Waals surface area contributed by atoms with Gasteiger partial charge < -0.3 is 74.1 Å². The third kappa shape index (κ3) is 39.3. The van der Waals surface area contributed by atoms with E-state index in [1.54, 1.807) is 41.5 Å². The van der Waals surface area contributed by atoms with Crippen LogP contribution in [0.5, 0.6) is 0 Å². The third-order valence-corrected chi connectivity index (χ3v) is 8.42. The van der Waals surface area contributed by atoms with Crippen molar-refractivity contribution in [3.05, 3.63) is 0 Å². The van der Waals surface area contributed by atoms with E-state index in [9.17, 15) is 88.2 Å². The predicted octanol–water partition coefficient (Wildman–Crippen LogP) is -9.74. The van der Waals surface area contributed by atoms with Crippen molar-refractivity contribution in [2.24, 2.45) is 0 Å². The average molecular weight is 955 g/mol. The van der Waals surface area contributed by atoms with Gasteiger partial charge >= 0.3 is 34.7 Å². The van der Waals surface area contributed by atoms with Crippen molar-refractivity contribution in [1.29, 1.82) is 0 Å². The fraction of sp³-hybridized carbons (Fsp3) is 0.692. The van der Waals surface area contributed by atoms with Crippen LogP contribution in [-0.2, 0) is 57.5 Å². The Morgan fingerprint density at radius 3 is 0.600 bits per heavy atom. The molecule has 0 unspecified atom stereocenters. The maximum Gasteiger partial charge on any atom is 3.00 e. The molecule has 0 aromatic carbocycles. The number of amides is 3. The molecule has 0 rings (SSSR count). The number of carbonyl (C=O) groups is 12. The maximum atomic E-state index is 11.6. The van der Waals surface area contributed by atoms with E-state index in [1.165, 1.54) is 14.7 Å². The number of ketones is 3. The summed E-state index contributed by atoms with van der Waals surface area (Å²) in [6, 6.07) is 0. The van der Waals surface area contributed by atoms with Crippen LogP contribution in [-0.4, -0.2) is 233 Å². The molecule has 0 atom stereocenters. The number of rotatable bonds is 33. The molecule has 0 saturated carbocycles. The Morgan fingerprint density at radius 2 is 0.462 bits per heavy atom. The molecule has 0 heterocycles. The predicted molar refractivity (Wildman–Crippen MR) is 217 cm³/mol. The number of hydrogen-bond donors (Lipinski definition) is 0. The molecule has 0 aliphatic carbocycles. The van der Waals surface area contributed by atoms with Crippen LogP contribution in [0.4, 0.5) is 0 Å².